The summed E-state index contributed by atoms with van der Waals surface area (Å²) in [5, 5.41) is 3.28. The first-order valence-corrected chi connectivity index (χ1v) is 12.1. The van der Waals surface area contributed by atoms with Crippen molar-refractivity contribution < 1.29 is 31.9 Å². The minimum Gasteiger partial charge on any atom is -0.485 e. The lowest BCUT2D eigenvalue weighted by molar-refractivity contribution is -0.148. The van der Waals surface area contributed by atoms with E-state index >= 15 is 0 Å². The van der Waals surface area contributed by atoms with Gasteiger partial charge in [-0.15, -0.1) is 12.4 Å². The molecule has 2 atom stereocenters. The molecule has 1 aliphatic carbocycles. The molecule has 2 amide bonds. The van der Waals surface area contributed by atoms with E-state index in [1.807, 2.05) is 4.90 Å². The van der Waals surface area contributed by atoms with Gasteiger partial charge in [-0.25, -0.2) is 8.78 Å². The topological polar surface area (TPSA) is 65.1 Å². The van der Waals surface area contributed by atoms with Gasteiger partial charge in [0.2, 0.25) is 11.8 Å². The van der Waals surface area contributed by atoms with E-state index in [1.165, 1.54) is 11.0 Å². The van der Waals surface area contributed by atoms with Gasteiger partial charge in [0, 0.05) is 38.8 Å². The van der Waals surface area contributed by atoms with Crippen molar-refractivity contribution in [3.8, 4) is 5.75 Å². The van der Waals surface area contributed by atoms with Crippen LogP contribution in [0.25, 0.3) is 0 Å². The van der Waals surface area contributed by atoms with Gasteiger partial charge < -0.3 is 15.0 Å². The molecule has 1 N–H and O–H groups in total. The average Bonchev–Trinajstić information content (AvgIpc) is 3.64. The van der Waals surface area contributed by atoms with E-state index < -0.39 is 25.0 Å². The van der Waals surface area contributed by atoms with Crippen LogP contribution in [-0.2, 0) is 9.59 Å². The first-order valence-electron chi connectivity index (χ1n) is 12.1. The molecular formula is C24H33ClF4N4O3. The number of amides is 2. The van der Waals surface area contributed by atoms with Gasteiger partial charge in [-0.3, -0.25) is 19.4 Å². The number of benzene rings is 1. The van der Waals surface area contributed by atoms with E-state index in [0.717, 1.165) is 19.4 Å². The molecule has 202 valence electrons. The summed E-state index contributed by atoms with van der Waals surface area (Å²) in [6.07, 6.45) is -1.01. The number of hydrogen-bond acceptors (Lipinski definition) is 6. The normalized spacial score (nSPS) is 23.4. The lowest BCUT2D eigenvalue weighted by Crippen LogP contribution is -2.47. The number of anilines is 1. The summed E-state index contributed by atoms with van der Waals surface area (Å²) in [5.41, 5.74) is 0.591. The minimum atomic E-state index is -4.21. The number of para-hydroxylation sites is 2. The molecule has 2 unspecified atom stereocenters. The van der Waals surface area contributed by atoms with Crippen LogP contribution in [0.15, 0.2) is 24.3 Å². The molecule has 0 spiro atoms. The fourth-order valence-corrected chi connectivity index (χ4v) is 4.56. The van der Waals surface area contributed by atoms with Crippen molar-refractivity contribution in [3.63, 3.8) is 0 Å². The monoisotopic (exact) mass is 536 g/mol. The number of rotatable bonds is 11. The summed E-state index contributed by atoms with van der Waals surface area (Å²) in [7, 11) is 0. The molecule has 2 saturated heterocycles. The van der Waals surface area contributed by atoms with Crippen LogP contribution in [0.5, 0.6) is 5.75 Å². The summed E-state index contributed by atoms with van der Waals surface area (Å²) >= 11 is 0. The second-order valence-corrected chi connectivity index (χ2v) is 9.54. The number of piperazine rings is 1. The number of imide groups is 1. The van der Waals surface area contributed by atoms with Crippen LogP contribution < -0.4 is 15.0 Å². The first-order chi connectivity index (χ1) is 16.7. The van der Waals surface area contributed by atoms with Crippen molar-refractivity contribution in [2.45, 2.75) is 50.6 Å². The van der Waals surface area contributed by atoms with Crippen LogP contribution in [0.1, 0.15) is 26.2 Å². The average molecular weight is 537 g/mol. The van der Waals surface area contributed by atoms with Crippen LogP contribution in [0.3, 0.4) is 0 Å². The molecule has 1 saturated carbocycles. The quantitative estimate of drug-likeness (QED) is 0.346. The second kappa shape index (κ2) is 12.0. The van der Waals surface area contributed by atoms with Crippen molar-refractivity contribution >= 4 is 29.9 Å². The van der Waals surface area contributed by atoms with Gasteiger partial charge in [-0.05, 0) is 37.9 Å². The SMILES string of the molecule is CC1C(=O)N(CCCN2CCN(c3ccccc3OCC(F)(F)C(F)F)CC2)C(=O)C1NC1CC1.Cl. The molecule has 1 aromatic carbocycles. The highest BCUT2D eigenvalue weighted by Crippen LogP contribution is 2.32. The smallest absolute Gasteiger partial charge is 0.340 e. The molecule has 2 heterocycles. The first kappa shape index (κ1) is 28.5. The molecular weight excluding hydrogens is 504 g/mol. The number of nitrogens with one attached hydrogen (secondary N) is 1. The highest BCUT2D eigenvalue weighted by Gasteiger charge is 2.46. The van der Waals surface area contributed by atoms with Crippen LogP contribution in [0.2, 0.25) is 0 Å². The molecule has 12 heteroatoms. The Hall–Kier alpha value is -2.11. The summed E-state index contributed by atoms with van der Waals surface area (Å²) < 4.78 is 56.6. The third-order valence-corrected chi connectivity index (χ3v) is 6.85. The molecule has 3 aliphatic rings. The van der Waals surface area contributed by atoms with E-state index in [2.05, 4.69) is 10.2 Å². The Morgan fingerprint density at radius 1 is 1.06 bits per heavy atom. The van der Waals surface area contributed by atoms with E-state index in [1.54, 1.807) is 25.1 Å². The van der Waals surface area contributed by atoms with Crippen LogP contribution in [0.4, 0.5) is 23.2 Å². The number of carbonyl (C=O) groups is 2. The molecule has 2 aliphatic heterocycles. The fraction of sp³-hybridized carbons (Fsp3) is 0.667. The summed E-state index contributed by atoms with van der Waals surface area (Å²) in [5.74, 6) is -4.65. The zero-order valence-corrected chi connectivity index (χ0v) is 21.0. The lowest BCUT2D eigenvalue weighted by atomic mass is 10.1. The molecule has 4 rings (SSSR count). The molecule has 1 aromatic rings. The number of hydrogen-bond donors (Lipinski definition) is 1. The zero-order valence-electron chi connectivity index (χ0n) is 20.2. The van der Waals surface area contributed by atoms with Crippen molar-refractivity contribution in [2.75, 3.05) is 50.8 Å². The number of ether oxygens (including phenoxy) is 1. The van der Waals surface area contributed by atoms with Crippen molar-refractivity contribution in [1.29, 1.82) is 0 Å². The van der Waals surface area contributed by atoms with Gasteiger partial charge in [-0.2, -0.15) is 8.78 Å². The summed E-state index contributed by atoms with van der Waals surface area (Å²) in [6.45, 7) is 4.15. The van der Waals surface area contributed by atoms with Gasteiger partial charge in [0.1, 0.15) is 5.75 Å². The van der Waals surface area contributed by atoms with Crippen molar-refractivity contribution in [2.24, 2.45) is 5.92 Å². The van der Waals surface area contributed by atoms with Crippen LogP contribution in [-0.4, -0.2) is 91.9 Å². The minimum absolute atomic E-state index is 0. The Morgan fingerprint density at radius 3 is 2.36 bits per heavy atom. The molecule has 0 bridgehead atoms. The highest BCUT2D eigenvalue weighted by atomic mass is 35.5. The van der Waals surface area contributed by atoms with Crippen LogP contribution in [0, 0.1) is 5.92 Å². The Labute approximate surface area is 214 Å². The van der Waals surface area contributed by atoms with Gasteiger partial charge in [0.25, 0.3) is 0 Å². The summed E-state index contributed by atoms with van der Waals surface area (Å²) in [6, 6.07) is 6.52. The van der Waals surface area contributed by atoms with E-state index in [0.29, 0.717) is 50.9 Å². The molecule has 0 aromatic heterocycles. The third kappa shape index (κ3) is 6.60. The summed E-state index contributed by atoms with van der Waals surface area (Å²) in [4.78, 5) is 30.8. The predicted octanol–water partition coefficient (Wildman–Crippen LogP) is 3.03. The standard InChI is InChI=1S/C24H32F4N4O3.ClH/c1-16-20(29-17-7-8-17)22(34)32(21(16)33)10-4-9-30-11-13-31(14-12-30)18-5-2-3-6-19(18)35-15-24(27,28)23(25)26;/h2-3,5-6,16-17,20,23,29H,4,7-15H2,1H3;1H. The fourth-order valence-electron chi connectivity index (χ4n) is 4.56. The number of alkyl halides is 4. The zero-order chi connectivity index (χ0) is 25.2. The largest absolute Gasteiger partial charge is 0.485 e. The van der Waals surface area contributed by atoms with Crippen molar-refractivity contribution in [1.82, 2.24) is 15.1 Å². The second-order valence-electron chi connectivity index (χ2n) is 9.54. The molecule has 7 nitrogen and oxygen atoms in total. The Balaban J connectivity index is 0.00000361. The molecule has 0 radical (unpaired) electrons. The number of halogens is 5. The number of nitrogens with zero attached hydrogens (tertiary/aromatic N) is 3. The van der Waals surface area contributed by atoms with E-state index in [4.69, 9.17) is 4.74 Å². The molecule has 36 heavy (non-hydrogen) atoms. The maximum atomic E-state index is 13.3. The Kier molecular flexibility index (Phi) is 9.45. The lowest BCUT2D eigenvalue weighted by Gasteiger charge is -2.37. The van der Waals surface area contributed by atoms with Crippen LogP contribution >= 0.6 is 12.4 Å². The number of likely N-dealkylation sites (tertiary alicyclic amines) is 1. The highest BCUT2D eigenvalue weighted by molar-refractivity contribution is 6.06. The van der Waals surface area contributed by atoms with E-state index in [-0.39, 0.29) is 35.9 Å². The Bertz CT molecular complexity index is 913. The maximum absolute atomic E-state index is 13.3. The van der Waals surface area contributed by atoms with E-state index in [9.17, 15) is 27.2 Å². The van der Waals surface area contributed by atoms with Gasteiger partial charge in [0.05, 0.1) is 17.6 Å². The van der Waals surface area contributed by atoms with Gasteiger partial charge in [0.15, 0.2) is 6.61 Å². The maximum Gasteiger partial charge on any atom is 0.340 e. The van der Waals surface area contributed by atoms with Crippen molar-refractivity contribution in [3.05, 3.63) is 24.3 Å². The number of carbonyl (C=O) groups excluding carboxylic acids is 2. The Morgan fingerprint density at radius 2 is 1.72 bits per heavy atom. The van der Waals surface area contributed by atoms with Gasteiger partial charge >= 0.3 is 12.3 Å². The predicted molar refractivity (Wildman–Crippen MR) is 129 cm³/mol. The van der Waals surface area contributed by atoms with Gasteiger partial charge in [-0.1, -0.05) is 19.1 Å². The third-order valence-electron chi connectivity index (χ3n) is 6.85. The molecule has 3 fully saturated rings.